The Labute approximate surface area is 137 Å². The van der Waals surface area contributed by atoms with Crippen LogP contribution in [0.1, 0.15) is 12.0 Å². The molecule has 0 aliphatic rings. The molecule has 6 heteroatoms. The number of aryl methyl sites for hydroxylation is 1. The molecule has 1 aromatic carbocycles. The zero-order valence-electron chi connectivity index (χ0n) is 12.2. The van der Waals surface area contributed by atoms with Crippen LogP contribution < -0.4 is 5.32 Å². The number of anilines is 1. The topological polar surface area (TPSA) is 54.9 Å². The molecule has 116 valence electrons. The van der Waals surface area contributed by atoms with Gasteiger partial charge in [0.05, 0.1) is 5.69 Å². The molecular formula is C17H14FN3OS. The molecule has 3 aromatic rings. The van der Waals surface area contributed by atoms with Crippen molar-refractivity contribution in [3.05, 3.63) is 65.6 Å². The van der Waals surface area contributed by atoms with Gasteiger partial charge in [0, 0.05) is 29.8 Å². The molecule has 0 bridgehead atoms. The standard InChI is InChI=1S/C17H14FN3OS/c18-14-3-1-2-12(10-14)4-5-16(22)21-17-20-15(11-23-17)13-6-8-19-9-7-13/h1-3,6-11H,4-5H2,(H,20,21,22). The molecule has 23 heavy (non-hydrogen) atoms. The fraction of sp³-hybridized carbons (Fsp3) is 0.118. The lowest BCUT2D eigenvalue weighted by Crippen LogP contribution is -2.12. The number of nitrogens with one attached hydrogen (secondary N) is 1. The number of rotatable bonds is 5. The summed E-state index contributed by atoms with van der Waals surface area (Å²) in [6.07, 6.45) is 4.18. The van der Waals surface area contributed by atoms with Gasteiger partial charge in [-0.05, 0) is 36.2 Å². The van der Waals surface area contributed by atoms with Crippen molar-refractivity contribution in [3.8, 4) is 11.3 Å². The fourth-order valence-electron chi connectivity index (χ4n) is 2.12. The Balaban J connectivity index is 1.57. The Hall–Kier alpha value is -2.60. The van der Waals surface area contributed by atoms with E-state index in [4.69, 9.17) is 0 Å². The van der Waals surface area contributed by atoms with Crippen molar-refractivity contribution in [2.45, 2.75) is 12.8 Å². The molecule has 0 aliphatic carbocycles. The average Bonchev–Trinajstić information content (AvgIpc) is 3.02. The monoisotopic (exact) mass is 327 g/mol. The molecule has 0 fully saturated rings. The van der Waals surface area contributed by atoms with Gasteiger partial charge in [0.2, 0.25) is 5.91 Å². The molecule has 0 radical (unpaired) electrons. The van der Waals surface area contributed by atoms with E-state index in [1.165, 1.54) is 23.5 Å². The zero-order valence-corrected chi connectivity index (χ0v) is 13.0. The minimum atomic E-state index is -0.287. The molecule has 0 unspecified atom stereocenters. The number of halogens is 1. The second kappa shape index (κ2) is 7.11. The Kier molecular flexibility index (Phi) is 4.73. The molecule has 2 heterocycles. The molecule has 0 saturated carbocycles. The summed E-state index contributed by atoms with van der Waals surface area (Å²) in [5, 5.41) is 5.22. The molecule has 0 saturated heterocycles. The Morgan fingerprint density at radius 3 is 2.83 bits per heavy atom. The van der Waals surface area contributed by atoms with E-state index in [2.05, 4.69) is 15.3 Å². The Bertz CT molecular complexity index is 804. The van der Waals surface area contributed by atoms with Crippen molar-refractivity contribution in [3.63, 3.8) is 0 Å². The minimum absolute atomic E-state index is 0.134. The SMILES string of the molecule is O=C(CCc1cccc(F)c1)Nc1nc(-c2ccncc2)cs1. The summed E-state index contributed by atoms with van der Waals surface area (Å²) in [5.41, 5.74) is 2.56. The highest BCUT2D eigenvalue weighted by Crippen LogP contribution is 2.24. The maximum Gasteiger partial charge on any atom is 0.226 e. The van der Waals surface area contributed by atoms with Crippen LogP contribution in [0.2, 0.25) is 0 Å². The third kappa shape index (κ3) is 4.20. The van der Waals surface area contributed by atoms with Gasteiger partial charge >= 0.3 is 0 Å². The van der Waals surface area contributed by atoms with Gasteiger partial charge in [-0.25, -0.2) is 9.37 Å². The summed E-state index contributed by atoms with van der Waals surface area (Å²) in [6.45, 7) is 0. The quantitative estimate of drug-likeness (QED) is 0.773. The van der Waals surface area contributed by atoms with Gasteiger partial charge < -0.3 is 5.32 Å². The molecule has 0 aliphatic heterocycles. The summed E-state index contributed by atoms with van der Waals surface area (Å²) in [4.78, 5) is 20.3. The van der Waals surface area contributed by atoms with E-state index < -0.39 is 0 Å². The van der Waals surface area contributed by atoms with Gasteiger partial charge in [-0.2, -0.15) is 0 Å². The summed E-state index contributed by atoms with van der Waals surface area (Å²) in [7, 11) is 0. The van der Waals surface area contributed by atoms with Gasteiger partial charge in [0.15, 0.2) is 5.13 Å². The second-order valence-corrected chi connectivity index (χ2v) is 5.81. The molecule has 4 nitrogen and oxygen atoms in total. The molecule has 0 atom stereocenters. The summed E-state index contributed by atoms with van der Waals surface area (Å²) in [6, 6.07) is 10.0. The van der Waals surface area contributed by atoms with Crippen LogP contribution in [-0.4, -0.2) is 15.9 Å². The van der Waals surface area contributed by atoms with Gasteiger partial charge in [0.25, 0.3) is 0 Å². The van der Waals surface area contributed by atoms with E-state index in [0.29, 0.717) is 11.6 Å². The van der Waals surface area contributed by atoms with E-state index in [1.807, 2.05) is 17.5 Å². The third-order valence-electron chi connectivity index (χ3n) is 3.26. The number of thiazole rings is 1. The van der Waals surface area contributed by atoms with Crippen LogP contribution in [0.5, 0.6) is 0 Å². The van der Waals surface area contributed by atoms with Crippen LogP contribution in [0, 0.1) is 5.82 Å². The van der Waals surface area contributed by atoms with Gasteiger partial charge in [0.1, 0.15) is 5.82 Å². The van der Waals surface area contributed by atoms with Gasteiger partial charge in [-0.15, -0.1) is 11.3 Å². The molecule has 3 rings (SSSR count). The first-order chi connectivity index (χ1) is 11.2. The molecular weight excluding hydrogens is 313 g/mol. The van der Waals surface area contributed by atoms with Gasteiger partial charge in [-0.1, -0.05) is 12.1 Å². The number of carbonyl (C=O) groups is 1. The number of carbonyl (C=O) groups excluding carboxylic acids is 1. The number of amides is 1. The second-order valence-electron chi connectivity index (χ2n) is 4.95. The van der Waals surface area contributed by atoms with Crippen molar-refractivity contribution in [1.82, 2.24) is 9.97 Å². The number of benzene rings is 1. The van der Waals surface area contributed by atoms with Crippen LogP contribution >= 0.6 is 11.3 Å². The van der Waals surface area contributed by atoms with Crippen LogP contribution in [0.4, 0.5) is 9.52 Å². The van der Waals surface area contributed by atoms with Crippen LogP contribution in [-0.2, 0) is 11.2 Å². The highest BCUT2D eigenvalue weighted by atomic mass is 32.1. The van der Waals surface area contributed by atoms with Crippen molar-refractivity contribution < 1.29 is 9.18 Å². The highest BCUT2D eigenvalue weighted by molar-refractivity contribution is 7.14. The molecule has 1 amide bonds. The number of hydrogen-bond acceptors (Lipinski definition) is 4. The van der Waals surface area contributed by atoms with Crippen LogP contribution in [0.3, 0.4) is 0 Å². The lowest BCUT2D eigenvalue weighted by Gasteiger charge is -2.02. The van der Waals surface area contributed by atoms with E-state index in [0.717, 1.165) is 16.8 Å². The molecule has 0 spiro atoms. The smallest absolute Gasteiger partial charge is 0.226 e. The highest BCUT2D eigenvalue weighted by Gasteiger charge is 2.08. The minimum Gasteiger partial charge on any atom is -0.302 e. The predicted octanol–water partition coefficient (Wildman–Crippen LogP) is 3.92. The van der Waals surface area contributed by atoms with Crippen LogP contribution in [0.25, 0.3) is 11.3 Å². The average molecular weight is 327 g/mol. The third-order valence-corrected chi connectivity index (χ3v) is 4.01. The van der Waals surface area contributed by atoms with E-state index in [1.54, 1.807) is 24.5 Å². The van der Waals surface area contributed by atoms with Crippen molar-refractivity contribution in [1.29, 1.82) is 0 Å². The fourth-order valence-corrected chi connectivity index (χ4v) is 2.85. The van der Waals surface area contributed by atoms with E-state index >= 15 is 0 Å². The lowest BCUT2D eigenvalue weighted by molar-refractivity contribution is -0.116. The largest absolute Gasteiger partial charge is 0.302 e. The van der Waals surface area contributed by atoms with Crippen molar-refractivity contribution in [2.75, 3.05) is 5.32 Å². The maximum absolute atomic E-state index is 13.1. The Morgan fingerprint density at radius 1 is 1.22 bits per heavy atom. The summed E-state index contributed by atoms with van der Waals surface area (Å²) >= 11 is 1.37. The van der Waals surface area contributed by atoms with Gasteiger partial charge in [-0.3, -0.25) is 9.78 Å². The van der Waals surface area contributed by atoms with E-state index in [9.17, 15) is 9.18 Å². The normalized spacial score (nSPS) is 10.5. The van der Waals surface area contributed by atoms with Crippen LogP contribution in [0.15, 0.2) is 54.2 Å². The number of pyridine rings is 1. The van der Waals surface area contributed by atoms with Crippen molar-refractivity contribution >= 4 is 22.4 Å². The Morgan fingerprint density at radius 2 is 2.04 bits per heavy atom. The first-order valence-corrected chi connectivity index (χ1v) is 7.99. The van der Waals surface area contributed by atoms with E-state index in [-0.39, 0.29) is 18.1 Å². The summed E-state index contributed by atoms with van der Waals surface area (Å²) < 4.78 is 13.1. The summed E-state index contributed by atoms with van der Waals surface area (Å²) in [5.74, 6) is -0.422. The zero-order chi connectivity index (χ0) is 16.1. The lowest BCUT2D eigenvalue weighted by atomic mass is 10.1. The number of aromatic nitrogens is 2. The molecule has 2 aromatic heterocycles. The maximum atomic E-state index is 13.1. The first kappa shape index (κ1) is 15.3. The first-order valence-electron chi connectivity index (χ1n) is 7.11. The number of hydrogen-bond donors (Lipinski definition) is 1. The predicted molar refractivity (Wildman–Crippen MR) is 88.7 cm³/mol. The number of nitrogens with zero attached hydrogens (tertiary/aromatic N) is 2. The van der Waals surface area contributed by atoms with Crippen molar-refractivity contribution in [2.24, 2.45) is 0 Å². The molecule has 1 N–H and O–H groups in total.